The van der Waals surface area contributed by atoms with Crippen molar-refractivity contribution in [2.45, 2.75) is 13.0 Å². The van der Waals surface area contributed by atoms with E-state index in [1.165, 1.54) is 0 Å². The van der Waals surface area contributed by atoms with Crippen LogP contribution in [0.2, 0.25) is 5.02 Å². The Morgan fingerprint density at radius 3 is 2.63 bits per heavy atom. The second-order valence-corrected chi connectivity index (χ2v) is 4.48. The van der Waals surface area contributed by atoms with Gasteiger partial charge in [-0.05, 0) is 31.2 Å². The minimum absolute atomic E-state index is 0.237. The fourth-order valence-corrected chi connectivity index (χ4v) is 1.62. The van der Waals surface area contributed by atoms with Gasteiger partial charge in [0, 0.05) is 18.1 Å². The first-order valence-corrected chi connectivity index (χ1v) is 6.15. The molecule has 5 nitrogen and oxygen atoms in total. The Kier molecular flexibility index (Phi) is 4.06. The van der Waals surface area contributed by atoms with Crippen molar-refractivity contribution in [1.82, 2.24) is 9.78 Å². The number of nitrogens with zero attached hydrogens (tertiary/aromatic N) is 2. The summed E-state index contributed by atoms with van der Waals surface area (Å²) in [6, 6.07) is 8.57. The first-order chi connectivity index (χ1) is 9.06. The van der Waals surface area contributed by atoms with Crippen molar-refractivity contribution in [3.05, 3.63) is 41.6 Å². The summed E-state index contributed by atoms with van der Waals surface area (Å²) in [7, 11) is 1.75. The molecule has 0 aliphatic heterocycles. The SMILES string of the molecule is CC(Oc1ccc(Cl)cc1)C(=O)Nc1ccnn1C. The minimum Gasteiger partial charge on any atom is -0.481 e. The average Bonchev–Trinajstić information content (AvgIpc) is 2.78. The first kappa shape index (κ1) is 13.4. The van der Waals surface area contributed by atoms with Gasteiger partial charge in [0.25, 0.3) is 5.91 Å². The topological polar surface area (TPSA) is 56.1 Å². The first-order valence-electron chi connectivity index (χ1n) is 5.77. The molecule has 2 rings (SSSR count). The van der Waals surface area contributed by atoms with Crippen LogP contribution in [-0.4, -0.2) is 21.8 Å². The number of nitrogens with one attached hydrogen (secondary N) is 1. The number of carbonyl (C=O) groups excluding carboxylic acids is 1. The van der Waals surface area contributed by atoms with E-state index in [1.54, 1.807) is 55.2 Å². The second kappa shape index (κ2) is 5.75. The number of ether oxygens (including phenoxy) is 1. The molecule has 1 amide bonds. The van der Waals surface area contributed by atoms with E-state index >= 15 is 0 Å². The van der Waals surface area contributed by atoms with Crippen molar-refractivity contribution < 1.29 is 9.53 Å². The molecule has 0 saturated heterocycles. The fraction of sp³-hybridized carbons (Fsp3) is 0.231. The quantitative estimate of drug-likeness (QED) is 0.935. The zero-order chi connectivity index (χ0) is 13.8. The van der Waals surface area contributed by atoms with Gasteiger partial charge in [-0.2, -0.15) is 5.10 Å². The van der Waals surface area contributed by atoms with E-state index in [0.717, 1.165) is 0 Å². The van der Waals surface area contributed by atoms with Crippen molar-refractivity contribution in [2.24, 2.45) is 7.05 Å². The van der Waals surface area contributed by atoms with Gasteiger partial charge in [-0.15, -0.1) is 0 Å². The lowest BCUT2D eigenvalue weighted by Gasteiger charge is -2.14. The summed E-state index contributed by atoms with van der Waals surface area (Å²) >= 11 is 5.78. The van der Waals surface area contributed by atoms with E-state index < -0.39 is 6.10 Å². The van der Waals surface area contributed by atoms with Crippen molar-refractivity contribution >= 4 is 23.3 Å². The summed E-state index contributed by atoms with van der Waals surface area (Å²) in [5, 5.41) is 7.33. The van der Waals surface area contributed by atoms with Gasteiger partial charge >= 0.3 is 0 Å². The Hall–Kier alpha value is -2.01. The molecule has 100 valence electrons. The van der Waals surface area contributed by atoms with Gasteiger partial charge in [-0.3, -0.25) is 9.48 Å². The number of aryl methyl sites for hydroxylation is 1. The highest BCUT2D eigenvalue weighted by molar-refractivity contribution is 6.30. The third-order valence-corrected chi connectivity index (χ3v) is 2.82. The van der Waals surface area contributed by atoms with Crippen LogP contribution in [0.25, 0.3) is 0 Å². The average molecular weight is 280 g/mol. The van der Waals surface area contributed by atoms with Gasteiger partial charge in [-0.1, -0.05) is 11.6 Å². The highest BCUT2D eigenvalue weighted by Gasteiger charge is 2.15. The summed E-state index contributed by atoms with van der Waals surface area (Å²) in [5.41, 5.74) is 0. The lowest BCUT2D eigenvalue weighted by Crippen LogP contribution is -2.30. The Labute approximate surface area is 116 Å². The standard InChI is InChI=1S/C13H14ClN3O2/c1-9(19-11-5-3-10(14)4-6-11)13(18)16-12-7-8-15-17(12)2/h3-9H,1-2H3,(H,16,18). The van der Waals surface area contributed by atoms with Crippen LogP contribution >= 0.6 is 11.6 Å². The number of hydrogen-bond acceptors (Lipinski definition) is 3. The molecule has 0 fully saturated rings. The molecule has 0 aliphatic rings. The molecule has 1 unspecified atom stereocenters. The van der Waals surface area contributed by atoms with Crippen molar-refractivity contribution in [2.75, 3.05) is 5.32 Å². The monoisotopic (exact) mass is 279 g/mol. The minimum atomic E-state index is -0.615. The molecule has 2 aromatic rings. The highest BCUT2D eigenvalue weighted by atomic mass is 35.5. The van der Waals surface area contributed by atoms with Crippen LogP contribution in [0.5, 0.6) is 5.75 Å². The molecule has 1 aromatic carbocycles. The van der Waals surface area contributed by atoms with Crippen LogP contribution < -0.4 is 10.1 Å². The Morgan fingerprint density at radius 1 is 1.37 bits per heavy atom. The third kappa shape index (κ3) is 3.48. The molecule has 1 N–H and O–H groups in total. The van der Waals surface area contributed by atoms with Gasteiger partial charge in [0.2, 0.25) is 0 Å². The smallest absolute Gasteiger partial charge is 0.266 e. The molecule has 1 atom stereocenters. The van der Waals surface area contributed by atoms with Crippen LogP contribution in [0.4, 0.5) is 5.82 Å². The maximum atomic E-state index is 11.9. The van der Waals surface area contributed by atoms with Gasteiger partial charge in [-0.25, -0.2) is 0 Å². The van der Waals surface area contributed by atoms with Crippen LogP contribution in [0, 0.1) is 0 Å². The Balaban J connectivity index is 1.96. The summed E-state index contributed by atoms with van der Waals surface area (Å²) in [5.74, 6) is 0.979. The number of carbonyl (C=O) groups is 1. The zero-order valence-corrected chi connectivity index (χ0v) is 11.4. The lowest BCUT2D eigenvalue weighted by molar-refractivity contribution is -0.122. The summed E-state index contributed by atoms with van der Waals surface area (Å²) < 4.78 is 7.10. The summed E-state index contributed by atoms with van der Waals surface area (Å²) in [6.45, 7) is 1.68. The van der Waals surface area contributed by atoms with Gasteiger partial charge < -0.3 is 10.1 Å². The second-order valence-electron chi connectivity index (χ2n) is 4.04. The fourth-order valence-electron chi connectivity index (χ4n) is 1.50. The maximum Gasteiger partial charge on any atom is 0.266 e. The predicted octanol–water partition coefficient (Wildman–Crippen LogP) is 2.48. The molecule has 0 radical (unpaired) electrons. The molecule has 0 aliphatic carbocycles. The van der Waals surface area contributed by atoms with E-state index in [4.69, 9.17) is 16.3 Å². The summed E-state index contributed by atoms with van der Waals surface area (Å²) in [4.78, 5) is 11.9. The van der Waals surface area contributed by atoms with E-state index in [1.807, 2.05) is 0 Å². The van der Waals surface area contributed by atoms with E-state index in [9.17, 15) is 4.79 Å². The van der Waals surface area contributed by atoms with Crippen molar-refractivity contribution in [3.8, 4) is 5.75 Å². The van der Waals surface area contributed by atoms with Crippen LogP contribution in [0.3, 0.4) is 0 Å². The number of rotatable bonds is 4. The number of anilines is 1. The predicted molar refractivity (Wildman–Crippen MR) is 73.4 cm³/mol. The number of aromatic nitrogens is 2. The van der Waals surface area contributed by atoms with Crippen molar-refractivity contribution in [1.29, 1.82) is 0 Å². The van der Waals surface area contributed by atoms with Crippen LogP contribution in [0.1, 0.15) is 6.92 Å². The maximum absolute atomic E-state index is 11.9. The van der Waals surface area contributed by atoms with Crippen LogP contribution in [0.15, 0.2) is 36.5 Å². The van der Waals surface area contributed by atoms with Crippen molar-refractivity contribution in [3.63, 3.8) is 0 Å². The molecule has 0 spiro atoms. The molecule has 1 heterocycles. The van der Waals surface area contributed by atoms with E-state index in [-0.39, 0.29) is 5.91 Å². The van der Waals surface area contributed by atoms with Gasteiger partial charge in [0.1, 0.15) is 11.6 Å². The number of halogens is 1. The normalized spacial score (nSPS) is 11.9. The van der Waals surface area contributed by atoms with Gasteiger partial charge in [0.05, 0.1) is 6.20 Å². The molecule has 19 heavy (non-hydrogen) atoms. The third-order valence-electron chi connectivity index (χ3n) is 2.57. The van der Waals surface area contributed by atoms with Crippen LogP contribution in [-0.2, 0) is 11.8 Å². The zero-order valence-electron chi connectivity index (χ0n) is 10.6. The Morgan fingerprint density at radius 2 is 2.05 bits per heavy atom. The number of amides is 1. The van der Waals surface area contributed by atoms with E-state index in [2.05, 4.69) is 10.4 Å². The Bertz CT molecular complexity index is 566. The molecular formula is C13H14ClN3O2. The highest BCUT2D eigenvalue weighted by Crippen LogP contribution is 2.17. The van der Waals surface area contributed by atoms with Gasteiger partial charge in [0.15, 0.2) is 6.10 Å². The molecule has 0 saturated carbocycles. The molecule has 0 bridgehead atoms. The lowest BCUT2D eigenvalue weighted by atomic mass is 10.3. The van der Waals surface area contributed by atoms with E-state index in [0.29, 0.717) is 16.6 Å². The molecule has 6 heteroatoms. The number of hydrogen-bond donors (Lipinski definition) is 1. The summed E-state index contributed by atoms with van der Waals surface area (Å²) in [6.07, 6.45) is 0.997. The number of benzene rings is 1. The molecule has 1 aromatic heterocycles. The largest absolute Gasteiger partial charge is 0.481 e. The molecular weight excluding hydrogens is 266 g/mol.